The number of carbonyl (C=O) groups excluding carboxylic acids is 1. The zero-order valence-corrected chi connectivity index (χ0v) is 14.3. The van der Waals surface area contributed by atoms with Gasteiger partial charge >= 0.3 is 0 Å². The molecule has 0 radical (unpaired) electrons. The topological polar surface area (TPSA) is 73.8 Å². The summed E-state index contributed by atoms with van der Waals surface area (Å²) >= 11 is 2.09. The van der Waals surface area contributed by atoms with Gasteiger partial charge in [-0.3, -0.25) is 4.79 Å². The number of hydrogen-bond donors (Lipinski definition) is 0. The standard InChI is InChI=1S/C12H19N3O4S2/c1-7(8-6-17-12(2,3)19-8)18-10-13-9(14-21-10)20-11(16)15(4)5/h7-8H,6H2,1-5H3/t7-,8+/m0/s1. The molecule has 0 bridgehead atoms. The molecular formula is C12H19N3O4S2. The molecule has 1 aliphatic heterocycles. The van der Waals surface area contributed by atoms with Gasteiger partial charge in [0.2, 0.25) is 5.16 Å². The van der Waals surface area contributed by atoms with Crippen molar-refractivity contribution < 1.29 is 19.0 Å². The quantitative estimate of drug-likeness (QED) is 0.782. The van der Waals surface area contributed by atoms with Crippen LogP contribution in [0, 0.1) is 0 Å². The van der Waals surface area contributed by atoms with Crippen molar-refractivity contribution in [1.82, 2.24) is 14.3 Å². The predicted octanol–water partition coefficient (Wildman–Crippen LogP) is 2.23. The van der Waals surface area contributed by atoms with Crippen LogP contribution in [0.5, 0.6) is 5.19 Å². The van der Waals surface area contributed by atoms with Gasteiger partial charge in [-0.1, -0.05) is 0 Å². The van der Waals surface area contributed by atoms with E-state index < -0.39 is 5.79 Å². The van der Waals surface area contributed by atoms with Crippen LogP contribution in [0.2, 0.25) is 0 Å². The Hall–Kier alpha value is -0.900. The first-order valence-electron chi connectivity index (χ1n) is 6.48. The molecule has 2 heterocycles. The van der Waals surface area contributed by atoms with Crippen LogP contribution in [-0.2, 0) is 9.47 Å². The molecule has 1 aliphatic rings. The highest BCUT2D eigenvalue weighted by molar-refractivity contribution is 8.13. The highest BCUT2D eigenvalue weighted by Crippen LogP contribution is 2.28. The molecule has 1 aromatic heterocycles. The average molecular weight is 333 g/mol. The largest absolute Gasteiger partial charge is 0.463 e. The van der Waals surface area contributed by atoms with Crippen LogP contribution in [0.25, 0.3) is 0 Å². The van der Waals surface area contributed by atoms with E-state index in [1.54, 1.807) is 14.1 Å². The third-order valence-corrected chi connectivity index (χ3v) is 4.40. The van der Waals surface area contributed by atoms with Crippen LogP contribution in [0.4, 0.5) is 4.79 Å². The fourth-order valence-corrected chi connectivity index (χ4v) is 2.94. The SMILES string of the molecule is C[C@H](Oc1nc(SC(=O)N(C)C)ns1)[C@H]1COC(C)(C)O1. The second-order valence-corrected chi connectivity index (χ2v) is 6.93. The van der Waals surface area contributed by atoms with E-state index in [1.807, 2.05) is 20.8 Å². The Morgan fingerprint density at radius 3 is 2.86 bits per heavy atom. The zero-order valence-electron chi connectivity index (χ0n) is 12.7. The van der Waals surface area contributed by atoms with Crippen molar-refractivity contribution in [3.8, 4) is 5.19 Å². The number of carbonyl (C=O) groups is 1. The van der Waals surface area contributed by atoms with E-state index in [1.165, 1.54) is 4.90 Å². The molecule has 1 amide bonds. The Morgan fingerprint density at radius 2 is 2.29 bits per heavy atom. The van der Waals surface area contributed by atoms with E-state index in [9.17, 15) is 4.79 Å². The minimum atomic E-state index is -0.581. The molecule has 0 N–H and O–H groups in total. The van der Waals surface area contributed by atoms with Gasteiger partial charge < -0.3 is 19.1 Å². The van der Waals surface area contributed by atoms with Gasteiger partial charge in [0.05, 0.1) is 6.61 Å². The Bertz CT molecular complexity index is 506. The van der Waals surface area contributed by atoms with E-state index in [4.69, 9.17) is 14.2 Å². The second kappa shape index (κ2) is 6.47. The summed E-state index contributed by atoms with van der Waals surface area (Å²) < 4.78 is 21.0. The molecule has 118 valence electrons. The monoisotopic (exact) mass is 333 g/mol. The van der Waals surface area contributed by atoms with Crippen LogP contribution >= 0.6 is 23.3 Å². The van der Waals surface area contributed by atoms with E-state index >= 15 is 0 Å². The van der Waals surface area contributed by atoms with Gasteiger partial charge in [0.25, 0.3) is 10.4 Å². The summed E-state index contributed by atoms with van der Waals surface area (Å²) in [5, 5.41) is 0.691. The summed E-state index contributed by atoms with van der Waals surface area (Å²) in [6.07, 6.45) is -0.356. The van der Waals surface area contributed by atoms with E-state index in [2.05, 4.69) is 9.36 Å². The molecule has 0 saturated carbocycles. The molecule has 0 spiro atoms. The Morgan fingerprint density at radius 1 is 1.57 bits per heavy atom. The molecule has 0 aromatic carbocycles. The summed E-state index contributed by atoms with van der Waals surface area (Å²) in [7, 11) is 3.36. The van der Waals surface area contributed by atoms with Crippen LogP contribution in [0.15, 0.2) is 5.16 Å². The predicted molar refractivity (Wildman–Crippen MR) is 79.8 cm³/mol. The number of nitrogens with zero attached hydrogens (tertiary/aromatic N) is 3. The van der Waals surface area contributed by atoms with Gasteiger partial charge in [-0.25, -0.2) is 0 Å². The van der Waals surface area contributed by atoms with Gasteiger partial charge in [0.15, 0.2) is 5.79 Å². The number of thioether (sulfide) groups is 1. The fourth-order valence-electron chi connectivity index (χ4n) is 1.64. The lowest BCUT2D eigenvalue weighted by Gasteiger charge is -2.20. The maximum absolute atomic E-state index is 11.6. The number of ether oxygens (including phenoxy) is 3. The highest BCUT2D eigenvalue weighted by atomic mass is 32.2. The van der Waals surface area contributed by atoms with Gasteiger partial charge in [-0.15, -0.1) is 0 Å². The molecule has 2 atom stereocenters. The van der Waals surface area contributed by atoms with Crippen molar-refractivity contribution in [3.63, 3.8) is 0 Å². The Labute approximate surface area is 132 Å². The van der Waals surface area contributed by atoms with Crippen LogP contribution in [-0.4, -0.2) is 58.2 Å². The third-order valence-electron chi connectivity index (χ3n) is 2.77. The van der Waals surface area contributed by atoms with Crippen molar-refractivity contribution in [2.24, 2.45) is 0 Å². The summed E-state index contributed by atoms with van der Waals surface area (Å²) in [6, 6.07) is 0. The molecule has 7 nitrogen and oxygen atoms in total. The first-order chi connectivity index (χ1) is 9.77. The molecule has 1 aromatic rings. The van der Waals surface area contributed by atoms with Crippen LogP contribution in [0.1, 0.15) is 20.8 Å². The second-order valence-electron chi connectivity index (χ2n) is 5.30. The fraction of sp³-hybridized carbons (Fsp3) is 0.750. The minimum Gasteiger partial charge on any atom is -0.463 e. The van der Waals surface area contributed by atoms with Gasteiger partial charge in [0, 0.05) is 37.4 Å². The Balaban J connectivity index is 1.89. The number of hydrogen-bond acceptors (Lipinski definition) is 8. The number of rotatable bonds is 4. The summed E-state index contributed by atoms with van der Waals surface area (Å²) in [4.78, 5) is 17.2. The molecule has 0 unspecified atom stereocenters. The van der Waals surface area contributed by atoms with Crippen molar-refractivity contribution in [2.75, 3.05) is 20.7 Å². The maximum atomic E-state index is 11.6. The minimum absolute atomic E-state index is 0.123. The first kappa shape index (κ1) is 16.5. The normalized spacial score (nSPS) is 22.0. The number of amides is 1. The van der Waals surface area contributed by atoms with E-state index in [0.29, 0.717) is 17.0 Å². The summed E-state index contributed by atoms with van der Waals surface area (Å²) in [5.74, 6) is -0.581. The third kappa shape index (κ3) is 4.53. The molecule has 1 fully saturated rings. The zero-order chi connectivity index (χ0) is 15.6. The number of aromatic nitrogens is 2. The smallest absolute Gasteiger partial charge is 0.294 e. The average Bonchev–Trinajstić information content (AvgIpc) is 2.95. The molecule has 21 heavy (non-hydrogen) atoms. The van der Waals surface area contributed by atoms with Crippen molar-refractivity contribution in [1.29, 1.82) is 0 Å². The highest BCUT2D eigenvalue weighted by Gasteiger charge is 2.37. The van der Waals surface area contributed by atoms with Gasteiger partial charge in [-0.2, -0.15) is 9.36 Å². The van der Waals surface area contributed by atoms with Crippen LogP contribution < -0.4 is 4.74 Å². The summed E-state index contributed by atoms with van der Waals surface area (Å²) in [5.41, 5.74) is 0. The van der Waals surface area contributed by atoms with Gasteiger partial charge in [-0.05, 0) is 20.8 Å². The van der Waals surface area contributed by atoms with Crippen molar-refractivity contribution in [2.45, 2.75) is 43.9 Å². The lowest BCUT2D eigenvalue weighted by Crippen LogP contribution is -2.32. The molecule has 1 saturated heterocycles. The maximum Gasteiger partial charge on any atom is 0.294 e. The molecular weight excluding hydrogens is 314 g/mol. The van der Waals surface area contributed by atoms with E-state index in [-0.39, 0.29) is 17.4 Å². The lowest BCUT2D eigenvalue weighted by atomic mass is 10.2. The first-order valence-corrected chi connectivity index (χ1v) is 8.07. The van der Waals surface area contributed by atoms with Crippen LogP contribution in [0.3, 0.4) is 0 Å². The molecule has 9 heteroatoms. The molecule has 0 aliphatic carbocycles. The summed E-state index contributed by atoms with van der Waals surface area (Å²) in [6.45, 7) is 6.11. The lowest BCUT2D eigenvalue weighted by molar-refractivity contribution is -0.147. The Kier molecular flexibility index (Phi) is 5.07. The van der Waals surface area contributed by atoms with Crippen molar-refractivity contribution in [3.05, 3.63) is 0 Å². The van der Waals surface area contributed by atoms with Crippen molar-refractivity contribution >= 4 is 28.5 Å². The van der Waals surface area contributed by atoms with E-state index in [0.717, 1.165) is 23.3 Å². The molecule has 2 rings (SSSR count). The van der Waals surface area contributed by atoms with Gasteiger partial charge in [0.1, 0.15) is 12.2 Å².